The van der Waals surface area contributed by atoms with Gasteiger partial charge in [-0.3, -0.25) is 0 Å². The van der Waals surface area contributed by atoms with E-state index in [2.05, 4.69) is 32.2 Å². The van der Waals surface area contributed by atoms with Gasteiger partial charge in [0.05, 0.1) is 6.04 Å². The summed E-state index contributed by atoms with van der Waals surface area (Å²) in [6, 6.07) is 5.81. The second-order valence-corrected chi connectivity index (χ2v) is 5.19. The number of allylic oxidation sites excluding steroid dienone is 1. The molecule has 94 valence electrons. The number of hydrogen-bond donors (Lipinski definition) is 1. The molecule has 1 N–H and O–H groups in total. The molecule has 1 atom stereocenters. The summed E-state index contributed by atoms with van der Waals surface area (Å²) in [5, 5.41) is 4.86. The van der Waals surface area contributed by atoms with E-state index < -0.39 is 0 Å². The van der Waals surface area contributed by atoms with Crippen LogP contribution >= 0.6 is 23.2 Å². The van der Waals surface area contributed by atoms with Crippen molar-refractivity contribution in [3.05, 3.63) is 45.5 Å². The highest BCUT2D eigenvalue weighted by Crippen LogP contribution is 2.27. The molecule has 0 saturated heterocycles. The average molecular weight is 272 g/mol. The smallest absolute Gasteiger partial charge is 0.0523 e. The van der Waals surface area contributed by atoms with E-state index in [9.17, 15) is 0 Å². The molecule has 0 aliphatic rings. The molecule has 0 radical (unpaired) electrons. The zero-order valence-corrected chi connectivity index (χ0v) is 12.1. The van der Waals surface area contributed by atoms with Crippen LogP contribution in [0.1, 0.15) is 38.8 Å². The van der Waals surface area contributed by atoms with E-state index in [1.807, 2.05) is 12.1 Å². The maximum Gasteiger partial charge on any atom is 0.0523 e. The standard InChI is InChI=1S/C14H19Cl2N/c1-4-7-17-14(8-10(2)3)12-6-5-11(15)9-13(12)16/h5-6,8-9,14,17H,4,7H2,1-3H3. The maximum atomic E-state index is 6.23. The lowest BCUT2D eigenvalue weighted by Gasteiger charge is -2.17. The van der Waals surface area contributed by atoms with Gasteiger partial charge in [0.2, 0.25) is 0 Å². The molecule has 1 nitrogen and oxygen atoms in total. The Morgan fingerprint density at radius 1 is 1.35 bits per heavy atom. The van der Waals surface area contributed by atoms with Gasteiger partial charge >= 0.3 is 0 Å². The topological polar surface area (TPSA) is 12.0 Å². The first-order valence-electron chi connectivity index (χ1n) is 5.88. The second kappa shape index (κ2) is 7.05. The molecule has 1 aromatic rings. The van der Waals surface area contributed by atoms with Crippen LogP contribution in [-0.4, -0.2) is 6.54 Å². The Morgan fingerprint density at radius 3 is 2.59 bits per heavy atom. The Morgan fingerprint density at radius 2 is 2.06 bits per heavy atom. The summed E-state index contributed by atoms with van der Waals surface area (Å²) in [6.07, 6.45) is 3.28. The minimum atomic E-state index is 0.157. The highest BCUT2D eigenvalue weighted by molar-refractivity contribution is 6.35. The molecular formula is C14H19Cl2N. The maximum absolute atomic E-state index is 6.23. The van der Waals surface area contributed by atoms with Crippen LogP contribution in [0.2, 0.25) is 10.0 Å². The number of hydrogen-bond acceptors (Lipinski definition) is 1. The first-order valence-corrected chi connectivity index (χ1v) is 6.63. The SMILES string of the molecule is CCCNC(C=C(C)C)c1ccc(Cl)cc1Cl. The van der Waals surface area contributed by atoms with Crippen LogP contribution in [0.4, 0.5) is 0 Å². The summed E-state index contributed by atoms with van der Waals surface area (Å²) >= 11 is 12.1. The van der Waals surface area contributed by atoms with Crippen LogP contribution < -0.4 is 5.32 Å². The van der Waals surface area contributed by atoms with Crippen molar-refractivity contribution in [3.63, 3.8) is 0 Å². The molecule has 0 aliphatic carbocycles. The van der Waals surface area contributed by atoms with Crippen molar-refractivity contribution in [1.82, 2.24) is 5.32 Å². The fourth-order valence-electron chi connectivity index (χ4n) is 1.65. The molecule has 0 spiro atoms. The van der Waals surface area contributed by atoms with Gasteiger partial charge < -0.3 is 5.32 Å². The van der Waals surface area contributed by atoms with Crippen molar-refractivity contribution in [2.45, 2.75) is 33.2 Å². The zero-order valence-electron chi connectivity index (χ0n) is 10.6. The van der Waals surface area contributed by atoms with Crippen LogP contribution in [0.3, 0.4) is 0 Å². The van der Waals surface area contributed by atoms with Gasteiger partial charge in [-0.2, -0.15) is 0 Å². The molecule has 1 rings (SSSR count). The highest BCUT2D eigenvalue weighted by atomic mass is 35.5. The summed E-state index contributed by atoms with van der Waals surface area (Å²) in [7, 11) is 0. The van der Waals surface area contributed by atoms with Crippen molar-refractivity contribution < 1.29 is 0 Å². The quantitative estimate of drug-likeness (QED) is 0.744. The van der Waals surface area contributed by atoms with Crippen LogP contribution in [0.25, 0.3) is 0 Å². The molecule has 1 aromatic carbocycles. The molecule has 0 heterocycles. The van der Waals surface area contributed by atoms with Crippen molar-refractivity contribution >= 4 is 23.2 Å². The number of halogens is 2. The molecule has 0 fully saturated rings. The van der Waals surface area contributed by atoms with E-state index in [1.54, 1.807) is 6.07 Å². The minimum absolute atomic E-state index is 0.157. The van der Waals surface area contributed by atoms with E-state index in [4.69, 9.17) is 23.2 Å². The zero-order chi connectivity index (χ0) is 12.8. The third kappa shape index (κ3) is 4.71. The van der Waals surface area contributed by atoms with E-state index in [1.165, 1.54) is 5.57 Å². The molecular weight excluding hydrogens is 253 g/mol. The van der Waals surface area contributed by atoms with Crippen LogP contribution in [0.15, 0.2) is 29.8 Å². The third-order valence-electron chi connectivity index (χ3n) is 2.41. The fraction of sp³-hybridized carbons (Fsp3) is 0.429. The number of nitrogens with one attached hydrogen (secondary N) is 1. The molecule has 0 aliphatic heterocycles. The largest absolute Gasteiger partial charge is 0.307 e. The van der Waals surface area contributed by atoms with Gasteiger partial charge in [0.25, 0.3) is 0 Å². The van der Waals surface area contributed by atoms with E-state index in [0.29, 0.717) is 10.0 Å². The van der Waals surface area contributed by atoms with Crippen molar-refractivity contribution in [1.29, 1.82) is 0 Å². The summed E-state index contributed by atoms with van der Waals surface area (Å²) in [4.78, 5) is 0. The van der Waals surface area contributed by atoms with Crippen molar-refractivity contribution in [2.24, 2.45) is 0 Å². The number of rotatable bonds is 5. The normalized spacial score (nSPS) is 12.3. The molecule has 3 heteroatoms. The molecule has 0 aromatic heterocycles. The summed E-state index contributed by atoms with van der Waals surface area (Å²) < 4.78 is 0. The lowest BCUT2D eigenvalue weighted by molar-refractivity contribution is 0.610. The molecule has 0 amide bonds. The van der Waals surface area contributed by atoms with Gasteiger partial charge in [0.1, 0.15) is 0 Å². The molecule has 0 bridgehead atoms. The average Bonchev–Trinajstić information content (AvgIpc) is 2.24. The van der Waals surface area contributed by atoms with Gasteiger partial charge in [-0.15, -0.1) is 0 Å². The van der Waals surface area contributed by atoms with Gasteiger partial charge in [0, 0.05) is 10.0 Å². The van der Waals surface area contributed by atoms with Crippen LogP contribution in [0.5, 0.6) is 0 Å². The first kappa shape index (κ1) is 14.6. The lowest BCUT2D eigenvalue weighted by Crippen LogP contribution is -2.21. The highest BCUT2D eigenvalue weighted by Gasteiger charge is 2.11. The summed E-state index contributed by atoms with van der Waals surface area (Å²) in [6.45, 7) is 7.29. The Labute approximate surface area is 114 Å². The lowest BCUT2D eigenvalue weighted by atomic mass is 10.0. The Balaban J connectivity index is 2.99. The summed E-state index contributed by atoms with van der Waals surface area (Å²) in [5.41, 5.74) is 2.34. The molecule has 0 saturated carbocycles. The molecule has 1 unspecified atom stereocenters. The second-order valence-electron chi connectivity index (χ2n) is 4.34. The Hall–Kier alpha value is -0.500. The van der Waals surface area contributed by atoms with E-state index in [-0.39, 0.29) is 6.04 Å². The van der Waals surface area contributed by atoms with Crippen molar-refractivity contribution in [2.75, 3.05) is 6.54 Å². The minimum Gasteiger partial charge on any atom is -0.307 e. The summed E-state index contributed by atoms with van der Waals surface area (Å²) in [5.74, 6) is 0. The van der Waals surface area contributed by atoms with Crippen LogP contribution in [-0.2, 0) is 0 Å². The fourth-order valence-corrected chi connectivity index (χ4v) is 2.17. The van der Waals surface area contributed by atoms with Gasteiger partial charge in [-0.05, 0) is 44.5 Å². The van der Waals surface area contributed by atoms with Crippen LogP contribution in [0, 0.1) is 0 Å². The van der Waals surface area contributed by atoms with Gasteiger partial charge in [0.15, 0.2) is 0 Å². The first-order chi connectivity index (χ1) is 8.04. The van der Waals surface area contributed by atoms with Gasteiger partial charge in [-0.25, -0.2) is 0 Å². The predicted octanol–water partition coefficient (Wildman–Crippen LogP) is 5.00. The predicted molar refractivity (Wildman–Crippen MR) is 76.9 cm³/mol. The van der Waals surface area contributed by atoms with Gasteiger partial charge in [-0.1, -0.05) is 47.8 Å². The Bertz CT molecular complexity index is 395. The van der Waals surface area contributed by atoms with E-state index in [0.717, 1.165) is 18.5 Å². The van der Waals surface area contributed by atoms with E-state index >= 15 is 0 Å². The third-order valence-corrected chi connectivity index (χ3v) is 2.97. The Kier molecular flexibility index (Phi) is 6.04. The molecule has 17 heavy (non-hydrogen) atoms. The number of benzene rings is 1. The van der Waals surface area contributed by atoms with Crippen molar-refractivity contribution in [3.8, 4) is 0 Å². The monoisotopic (exact) mass is 271 g/mol.